The molecule has 0 aromatic heterocycles. The first-order chi connectivity index (χ1) is 16.3. The fourth-order valence-corrected chi connectivity index (χ4v) is 3.39. The number of rotatable bonds is 9. The van der Waals surface area contributed by atoms with Gasteiger partial charge in [-0.3, -0.25) is 4.79 Å². The standard InChI is InChI=1S/C26H27ClN2O5/c1-16(2)18-7-5-17(6-8-18)15-34-23-12-10-20(24(32-3)25(23)33-4)14-28-29-26(31)19-9-11-22(30)21(27)13-19/h5-14,16,30H,15H2,1-4H3,(H,29,31)/b28-14+. The highest BCUT2D eigenvalue weighted by atomic mass is 35.5. The molecule has 0 radical (unpaired) electrons. The topological polar surface area (TPSA) is 89.4 Å². The number of nitrogens with one attached hydrogen (secondary N) is 1. The van der Waals surface area contributed by atoms with Gasteiger partial charge in [-0.2, -0.15) is 5.10 Å². The Kier molecular flexibility index (Phi) is 8.38. The maximum absolute atomic E-state index is 12.3. The normalized spacial score (nSPS) is 11.0. The second kappa shape index (κ2) is 11.4. The van der Waals surface area contributed by atoms with E-state index in [4.69, 9.17) is 25.8 Å². The van der Waals surface area contributed by atoms with Crippen LogP contribution in [0.5, 0.6) is 23.0 Å². The first kappa shape index (κ1) is 24.9. The van der Waals surface area contributed by atoms with E-state index in [1.165, 1.54) is 44.2 Å². The molecule has 0 saturated heterocycles. The number of hydrogen-bond donors (Lipinski definition) is 2. The number of phenols is 1. The van der Waals surface area contributed by atoms with Gasteiger partial charge < -0.3 is 19.3 Å². The molecule has 0 saturated carbocycles. The van der Waals surface area contributed by atoms with Crippen molar-refractivity contribution in [2.75, 3.05) is 14.2 Å². The molecule has 0 spiro atoms. The van der Waals surface area contributed by atoms with Gasteiger partial charge in [0.05, 0.1) is 25.5 Å². The molecule has 0 unspecified atom stereocenters. The van der Waals surface area contributed by atoms with E-state index in [-0.39, 0.29) is 16.3 Å². The van der Waals surface area contributed by atoms with Gasteiger partial charge in [-0.05, 0) is 47.4 Å². The van der Waals surface area contributed by atoms with E-state index < -0.39 is 5.91 Å². The summed E-state index contributed by atoms with van der Waals surface area (Å²) < 4.78 is 17.0. The van der Waals surface area contributed by atoms with Gasteiger partial charge in [0, 0.05) is 11.1 Å². The molecule has 8 heteroatoms. The van der Waals surface area contributed by atoms with Crippen LogP contribution in [0.1, 0.15) is 46.8 Å². The number of methoxy groups -OCH3 is 2. The third-order valence-electron chi connectivity index (χ3n) is 5.14. The Bertz CT molecular complexity index is 1180. The lowest BCUT2D eigenvalue weighted by atomic mass is 10.0. The molecule has 3 aromatic rings. The summed E-state index contributed by atoms with van der Waals surface area (Å²) in [7, 11) is 3.04. The Hall–Kier alpha value is -3.71. The Balaban J connectivity index is 1.72. The summed E-state index contributed by atoms with van der Waals surface area (Å²) in [4.78, 5) is 12.3. The third-order valence-corrected chi connectivity index (χ3v) is 5.44. The molecule has 0 heterocycles. The van der Waals surface area contributed by atoms with Crippen molar-refractivity contribution in [3.8, 4) is 23.0 Å². The summed E-state index contributed by atoms with van der Waals surface area (Å²) in [6, 6.07) is 15.9. The fraction of sp³-hybridized carbons (Fsp3) is 0.231. The van der Waals surface area contributed by atoms with Crippen molar-refractivity contribution in [1.29, 1.82) is 0 Å². The van der Waals surface area contributed by atoms with Crippen molar-refractivity contribution in [1.82, 2.24) is 5.43 Å². The molecule has 3 rings (SSSR count). The van der Waals surface area contributed by atoms with Crippen molar-refractivity contribution in [2.24, 2.45) is 5.10 Å². The average Bonchev–Trinajstić information content (AvgIpc) is 2.84. The summed E-state index contributed by atoms with van der Waals surface area (Å²) in [5, 5.41) is 13.6. The molecule has 178 valence electrons. The van der Waals surface area contributed by atoms with Crippen molar-refractivity contribution >= 4 is 23.7 Å². The maximum atomic E-state index is 12.3. The summed E-state index contributed by atoms with van der Waals surface area (Å²) in [6.45, 7) is 4.68. The molecule has 0 bridgehead atoms. The van der Waals surface area contributed by atoms with Crippen molar-refractivity contribution < 1.29 is 24.1 Å². The molecule has 0 aliphatic carbocycles. The highest BCUT2D eigenvalue weighted by Gasteiger charge is 2.16. The van der Waals surface area contributed by atoms with Crippen molar-refractivity contribution in [2.45, 2.75) is 26.4 Å². The van der Waals surface area contributed by atoms with E-state index in [0.29, 0.717) is 35.3 Å². The van der Waals surface area contributed by atoms with Crippen LogP contribution in [0, 0.1) is 0 Å². The SMILES string of the molecule is COc1c(/C=N/NC(=O)c2ccc(O)c(Cl)c2)ccc(OCc2ccc(C(C)C)cc2)c1OC. The van der Waals surface area contributed by atoms with E-state index in [0.717, 1.165) is 5.56 Å². The van der Waals surface area contributed by atoms with Gasteiger partial charge in [0.25, 0.3) is 5.91 Å². The lowest BCUT2D eigenvalue weighted by Crippen LogP contribution is -2.17. The number of ether oxygens (including phenoxy) is 3. The Morgan fingerprint density at radius 1 is 1.06 bits per heavy atom. The lowest BCUT2D eigenvalue weighted by molar-refractivity contribution is 0.0955. The number of hydrazone groups is 1. The minimum Gasteiger partial charge on any atom is -0.506 e. The predicted molar refractivity (Wildman–Crippen MR) is 133 cm³/mol. The number of nitrogens with zero attached hydrogens (tertiary/aromatic N) is 1. The van der Waals surface area contributed by atoms with Crippen LogP contribution in [-0.4, -0.2) is 31.4 Å². The molecule has 0 fully saturated rings. The van der Waals surface area contributed by atoms with Gasteiger partial charge in [0.1, 0.15) is 12.4 Å². The van der Waals surface area contributed by atoms with Crippen molar-refractivity contribution in [3.05, 3.63) is 81.9 Å². The van der Waals surface area contributed by atoms with Crippen LogP contribution in [0.15, 0.2) is 59.7 Å². The van der Waals surface area contributed by atoms with Crippen LogP contribution >= 0.6 is 11.6 Å². The van der Waals surface area contributed by atoms with Crippen LogP contribution in [0.2, 0.25) is 5.02 Å². The Morgan fingerprint density at radius 3 is 2.38 bits per heavy atom. The molecule has 0 aliphatic heterocycles. The number of amides is 1. The molecule has 0 aliphatic rings. The molecule has 7 nitrogen and oxygen atoms in total. The van der Waals surface area contributed by atoms with Gasteiger partial charge in [-0.25, -0.2) is 5.43 Å². The lowest BCUT2D eigenvalue weighted by Gasteiger charge is -2.16. The minimum absolute atomic E-state index is 0.0782. The largest absolute Gasteiger partial charge is 0.506 e. The van der Waals surface area contributed by atoms with E-state index in [2.05, 4.69) is 36.5 Å². The van der Waals surface area contributed by atoms with Gasteiger partial charge in [-0.15, -0.1) is 0 Å². The predicted octanol–water partition coefficient (Wildman–Crippen LogP) is 5.53. The molecule has 0 atom stereocenters. The average molecular weight is 483 g/mol. The highest BCUT2D eigenvalue weighted by Crippen LogP contribution is 2.39. The van der Waals surface area contributed by atoms with Crippen LogP contribution < -0.4 is 19.6 Å². The van der Waals surface area contributed by atoms with Crippen LogP contribution in [0.4, 0.5) is 0 Å². The fourth-order valence-electron chi connectivity index (χ4n) is 3.21. The number of phenolic OH excluding ortho intramolecular Hbond substituents is 1. The molecular formula is C26H27ClN2O5. The van der Waals surface area contributed by atoms with Gasteiger partial charge >= 0.3 is 0 Å². The van der Waals surface area contributed by atoms with Crippen LogP contribution in [0.3, 0.4) is 0 Å². The molecule has 3 aromatic carbocycles. The number of carbonyl (C=O) groups excluding carboxylic acids is 1. The molecule has 34 heavy (non-hydrogen) atoms. The Morgan fingerprint density at radius 2 is 1.76 bits per heavy atom. The van der Waals surface area contributed by atoms with Gasteiger partial charge in [0.15, 0.2) is 11.5 Å². The van der Waals surface area contributed by atoms with Gasteiger partial charge in [0.2, 0.25) is 5.75 Å². The quantitative estimate of drug-likeness (QED) is 0.309. The van der Waals surface area contributed by atoms with Crippen LogP contribution in [0.25, 0.3) is 0 Å². The number of aromatic hydroxyl groups is 1. The van der Waals surface area contributed by atoms with E-state index in [9.17, 15) is 9.90 Å². The number of halogens is 1. The second-order valence-electron chi connectivity index (χ2n) is 7.77. The molecular weight excluding hydrogens is 456 g/mol. The second-order valence-corrected chi connectivity index (χ2v) is 8.18. The maximum Gasteiger partial charge on any atom is 0.271 e. The summed E-state index contributed by atoms with van der Waals surface area (Å²) in [6.07, 6.45) is 1.44. The number of hydrogen-bond acceptors (Lipinski definition) is 6. The molecule has 1 amide bonds. The van der Waals surface area contributed by atoms with Crippen molar-refractivity contribution in [3.63, 3.8) is 0 Å². The zero-order valence-corrected chi connectivity index (χ0v) is 20.2. The monoisotopic (exact) mass is 482 g/mol. The first-order valence-electron chi connectivity index (χ1n) is 10.6. The molecule has 2 N–H and O–H groups in total. The summed E-state index contributed by atoms with van der Waals surface area (Å²) in [5.41, 5.74) is 5.56. The highest BCUT2D eigenvalue weighted by molar-refractivity contribution is 6.32. The minimum atomic E-state index is -0.479. The van der Waals surface area contributed by atoms with E-state index in [1.807, 2.05) is 12.1 Å². The summed E-state index contributed by atoms with van der Waals surface area (Å²) >= 11 is 5.85. The Labute approximate surface area is 203 Å². The first-order valence-corrected chi connectivity index (χ1v) is 11.0. The number of benzene rings is 3. The third kappa shape index (κ3) is 5.99. The van der Waals surface area contributed by atoms with E-state index in [1.54, 1.807) is 12.1 Å². The van der Waals surface area contributed by atoms with Gasteiger partial charge in [-0.1, -0.05) is 49.7 Å². The van der Waals surface area contributed by atoms with E-state index >= 15 is 0 Å². The zero-order valence-electron chi connectivity index (χ0n) is 19.5. The number of carbonyl (C=O) groups is 1. The zero-order chi connectivity index (χ0) is 24.7. The summed E-state index contributed by atoms with van der Waals surface area (Å²) in [5.74, 6) is 1.24. The van der Waals surface area contributed by atoms with Crippen LogP contribution in [-0.2, 0) is 6.61 Å². The smallest absolute Gasteiger partial charge is 0.271 e.